The molecule has 0 bridgehead atoms. The molecule has 0 aromatic heterocycles. The van der Waals surface area contributed by atoms with Crippen LogP contribution in [0.5, 0.6) is 11.5 Å². The first-order chi connectivity index (χ1) is 12.2. The third-order valence-electron chi connectivity index (χ3n) is 4.33. The molecule has 1 amide bonds. The van der Waals surface area contributed by atoms with Crippen LogP contribution in [0.1, 0.15) is 0 Å². The Morgan fingerprint density at radius 2 is 1.64 bits per heavy atom. The number of nitrogens with zero attached hydrogens (tertiary/aromatic N) is 2. The Balaban J connectivity index is 1.53. The summed E-state index contributed by atoms with van der Waals surface area (Å²) < 4.78 is 11.0. The van der Waals surface area contributed by atoms with E-state index in [2.05, 4.69) is 4.90 Å². The van der Waals surface area contributed by atoms with Crippen LogP contribution in [0.15, 0.2) is 48.5 Å². The Morgan fingerprint density at radius 3 is 2.32 bits per heavy atom. The number of hydrogen-bond acceptors (Lipinski definition) is 5. The van der Waals surface area contributed by atoms with E-state index in [0.717, 1.165) is 24.5 Å². The van der Waals surface area contributed by atoms with Crippen molar-refractivity contribution < 1.29 is 14.3 Å². The molecular formula is C19H23N3O3. The molecule has 0 atom stereocenters. The third-order valence-corrected chi connectivity index (χ3v) is 4.33. The van der Waals surface area contributed by atoms with Gasteiger partial charge in [-0.2, -0.15) is 0 Å². The second kappa shape index (κ2) is 7.79. The molecular weight excluding hydrogens is 318 g/mol. The van der Waals surface area contributed by atoms with Crippen molar-refractivity contribution >= 4 is 17.3 Å². The maximum atomic E-state index is 12.4. The van der Waals surface area contributed by atoms with Gasteiger partial charge in [0.2, 0.25) is 0 Å². The lowest BCUT2D eigenvalue weighted by atomic mass is 10.2. The van der Waals surface area contributed by atoms with Crippen LogP contribution < -0.4 is 20.1 Å². The predicted octanol–water partition coefficient (Wildman–Crippen LogP) is 2.00. The Hall–Kier alpha value is -2.89. The highest BCUT2D eigenvalue weighted by molar-refractivity contribution is 5.78. The first-order valence-electron chi connectivity index (χ1n) is 8.32. The lowest BCUT2D eigenvalue weighted by Crippen LogP contribution is -2.50. The van der Waals surface area contributed by atoms with E-state index in [1.807, 2.05) is 41.3 Å². The molecule has 1 fully saturated rings. The Labute approximate surface area is 147 Å². The largest absolute Gasteiger partial charge is 0.495 e. The number of nitrogens with two attached hydrogens (primary N) is 1. The summed E-state index contributed by atoms with van der Waals surface area (Å²) in [6.07, 6.45) is 0. The van der Waals surface area contributed by atoms with Crippen molar-refractivity contribution in [2.24, 2.45) is 0 Å². The van der Waals surface area contributed by atoms with Gasteiger partial charge in [-0.05, 0) is 24.3 Å². The fraction of sp³-hybridized carbons (Fsp3) is 0.316. The zero-order valence-electron chi connectivity index (χ0n) is 14.4. The molecule has 25 heavy (non-hydrogen) atoms. The van der Waals surface area contributed by atoms with E-state index in [-0.39, 0.29) is 12.5 Å². The van der Waals surface area contributed by atoms with Crippen molar-refractivity contribution in [3.63, 3.8) is 0 Å². The third kappa shape index (κ3) is 3.96. The van der Waals surface area contributed by atoms with Gasteiger partial charge < -0.3 is 25.0 Å². The normalized spacial score (nSPS) is 14.3. The molecule has 2 aromatic carbocycles. The zero-order valence-corrected chi connectivity index (χ0v) is 14.4. The maximum Gasteiger partial charge on any atom is 0.260 e. The van der Waals surface area contributed by atoms with Crippen LogP contribution in [0.3, 0.4) is 0 Å². The number of ether oxygens (including phenoxy) is 2. The van der Waals surface area contributed by atoms with Crippen molar-refractivity contribution in [3.05, 3.63) is 48.5 Å². The lowest BCUT2D eigenvalue weighted by molar-refractivity contribution is -0.133. The second-order valence-electron chi connectivity index (χ2n) is 5.87. The van der Waals surface area contributed by atoms with Gasteiger partial charge in [0.25, 0.3) is 5.91 Å². The topological polar surface area (TPSA) is 68.0 Å². The van der Waals surface area contributed by atoms with Crippen molar-refractivity contribution in [1.82, 2.24) is 4.90 Å². The minimum atomic E-state index is -0.0251. The first kappa shape index (κ1) is 17.0. The average molecular weight is 341 g/mol. The molecule has 6 nitrogen and oxygen atoms in total. The highest BCUT2D eigenvalue weighted by Gasteiger charge is 2.23. The van der Waals surface area contributed by atoms with Crippen LogP contribution in [0.4, 0.5) is 11.4 Å². The van der Waals surface area contributed by atoms with Gasteiger partial charge in [-0.3, -0.25) is 4.79 Å². The monoisotopic (exact) mass is 341 g/mol. The molecule has 2 N–H and O–H groups in total. The number of methoxy groups -OCH3 is 1. The fourth-order valence-electron chi connectivity index (χ4n) is 2.93. The van der Waals surface area contributed by atoms with Crippen LogP contribution in [0.2, 0.25) is 0 Å². The number of benzene rings is 2. The number of nitrogen functional groups attached to an aromatic ring is 1. The summed E-state index contributed by atoms with van der Waals surface area (Å²) in [6, 6.07) is 15.1. The summed E-state index contributed by atoms with van der Waals surface area (Å²) in [7, 11) is 1.67. The zero-order chi connectivity index (χ0) is 17.6. The van der Waals surface area contributed by atoms with Crippen LogP contribution in [0.25, 0.3) is 0 Å². The smallest absolute Gasteiger partial charge is 0.260 e. The van der Waals surface area contributed by atoms with Crippen LogP contribution >= 0.6 is 0 Å². The second-order valence-corrected chi connectivity index (χ2v) is 5.87. The molecule has 1 saturated heterocycles. The first-order valence-corrected chi connectivity index (χ1v) is 8.32. The number of anilines is 2. The maximum absolute atomic E-state index is 12.4. The van der Waals surface area contributed by atoms with Gasteiger partial charge in [0, 0.05) is 26.2 Å². The molecule has 0 radical (unpaired) electrons. The Morgan fingerprint density at radius 1 is 1.00 bits per heavy atom. The van der Waals surface area contributed by atoms with E-state index in [4.69, 9.17) is 15.2 Å². The predicted molar refractivity (Wildman–Crippen MR) is 98.1 cm³/mol. The van der Waals surface area contributed by atoms with Gasteiger partial charge in [0.1, 0.15) is 11.5 Å². The number of carbonyl (C=O) groups is 1. The van der Waals surface area contributed by atoms with Crippen LogP contribution in [-0.2, 0) is 4.79 Å². The fourth-order valence-corrected chi connectivity index (χ4v) is 2.93. The summed E-state index contributed by atoms with van der Waals surface area (Å²) in [5, 5.41) is 0. The van der Waals surface area contributed by atoms with Crippen LogP contribution in [-0.4, -0.2) is 50.7 Å². The number of para-hydroxylation sites is 4. The van der Waals surface area contributed by atoms with Crippen molar-refractivity contribution in [2.45, 2.75) is 0 Å². The van der Waals surface area contributed by atoms with Gasteiger partial charge in [-0.1, -0.05) is 24.3 Å². The Kier molecular flexibility index (Phi) is 5.28. The average Bonchev–Trinajstić information content (AvgIpc) is 2.67. The van der Waals surface area contributed by atoms with E-state index in [1.54, 1.807) is 19.2 Å². The quantitative estimate of drug-likeness (QED) is 0.843. The number of amides is 1. The summed E-state index contributed by atoms with van der Waals surface area (Å²) in [4.78, 5) is 16.4. The molecule has 1 aliphatic heterocycles. The van der Waals surface area contributed by atoms with Crippen molar-refractivity contribution in [1.29, 1.82) is 0 Å². The van der Waals surface area contributed by atoms with Crippen molar-refractivity contribution in [3.8, 4) is 11.5 Å². The molecule has 0 unspecified atom stereocenters. The number of carbonyl (C=O) groups excluding carboxylic acids is 1. The van der Waals surface area contributed by atoms with Gasteiger partial charge >= 0.3 is 0 Å². The molecule has 0 aliphatic carbocycles. The standard InChI is InChI=1S/C19H23N3O3/c1-24-18-9-5-3-7-16(18)21-10-12-22(13-11-21)19(23)14-25-17-8-4-2-6-15(17)20/h2-9H,10-14,20H2,1H3. The minimum Gasteiger partial charge on any atom is -0.495 e. The summed E-state index contributed by atoms with van der Waals surface area (Å²) >= 11 is 0. The van der Waals surface area contributed by atoms with Gasteiger partial charge in [-0.15, -0.1) is 0 Å². The van der Waals surface area contributed by atoms with Crippen LogP contribution in [0, 0.1) is 0 Å². The van der Waals surface area contributed by atoms with Gasteiger partial charge in [0.05, 0.1) is 18.5 Å². The molecule has 0 spiro atoms. The number of hydrogen-bond donors (Lipinski definition) is 1. The molecule has 1 heterocycles. The van der Waals surface area contributed by atoms with Gasteiger partial charge in [-0.25, -0.2) is 0 Å². The highest BCUT2D eigenvalue weighted by atomic mass is 16.5. The molecule has 0 saturated carbocycles. The number of piperazine rings is 1. The number of rotatable bonds is 5. The summed E-state index contributed by atoms with van der Waals surface area (Å²) in [5.41, 5.74) is 7.43. The van der Waals surface area contributed by atoms with E-state index in [1.165, 1.54) is 0 Å². The van der Waals surface area contributed by atoms with Crippen molar-refractivity contribution in [2.75, 3.05) is 50.5 Å². The van der Waals surface area contributed by atoms with E-state index < -0.39 is 0 Å². The van der Waals surface area contributed by atoms with E-state index in [9.17, 15) is 4.79 Å². The molecule has 3 rings (SSSR count). The molecule has 2 aromatic rings. The van der Waals surface area contributed by atoms with E-state index >= 15 is 0 Å². The minimum absolute atomic E-state index is 0.00285. The van der Waals surface area contributed by atoms with Gasteiger partial charge in [0.15, 0.2) is 6.61 Å². The molecule has 6 heteroatoms. The molecule has 132 valence electrons. The Bertz CT molecular complexity index is 727. The summed E-state index contributed by atoms with van der Waals surface area (Å²) in [5.74, 6) is 1.37. The van der Waals surface area contributed by atoms with E-state index in [0.29, 0.717) is 24.5 Å². The summed E-state index contributed by atoms with van der Waals surface area (Å²) in [6.45, 7) is 2.84. The SMILES string of the molecule is COc1ccccc1N1CCN(C(=O)COc2ccccc2N)CC1. The molecule has 1 aliphatic rings. The highest BCUT2D eigenvalue weighted by Crippen LogP contribution is 2.28. The lowest BCUT2D eigenvalue weighted by Gasteiger charge is -2.36.